The highest BCUT2D eigenvalue weighted by atomic mass is 32.2. The minimum Gasteiger partial charge on any atom is -0.394 e. The molecule has 1 aromatic heterocycles. The molecule has 4 N–H and O–H groups in total. The number of anilines is 2. The molecule has 1 heterocycles. The van der Waals surface area contributed by atoms with E-state index < -0.39 is 5.54 Å². The summed E-state index contributed by atoms with van der Waals surface area (Å²) in [5, 5.41) is 12.8. The molecule has 0 atom stereocenters. The standard InChI is InChI=1S/C9H16N4OS/c1-9(2,5-14)13-7-4-6(10)11-8(12-7)15-3/h4,14H,5H2,1-3H3,(H3,10,11,12,13). The zero-order chi connectivity index (χ0) is 11.5. The van der Waals surface area contributed by atoms with Gasteiger partial charge < -0.3 is 16.2 Å². The Bertz CT molecular complexity index is 343. The third kappa shape index (κ3) is 3.56. The molecule has 0 spiro atoms. The van der Waals surface area contributed by atoms with Gasteiger partial charge in [0.15, 0.2) is 5.16 Å². The number of hydrogen-bond acceptors (Lipinski definition) is 6. The zero-order valence-corrected chi connectivity index (χ0v) is 9.93. The number of aliphatic hydroxyl groups excluding tert-OH is 1. The summed E-state index contributed by atoms with van der Waals surface area (Å²) in [4.78, 5) is 8.27. The second-order valence-electron chi connectivity index (χ2n) is 3.83. The van der Waals surface area contributed by atoms with Crippen LogP contribution in [0.1, 0.15) is 13.8 Å². The van der Waals surface area contributed by atoms with Crippen molar-refractivity contribution in [2.75, 3.05) is 23.9 Å². The lowest BCUT2D eigenvalue weighted by atomic mass is 10.1. The van der Waals surface area contributed by atoms with Gasteiger partial charge in [-0.3, -0.25) is 0 Å². The topological polar surface area (TPSA) is 84.1 Å². The van der Waals surface area contributed by atoms with Gasteiger partial charge in [-0.15, -0.1) is 0 Å². The van der Waals surface area contributed by atoms with Crippen molar-refractivity contribution in [2.45, 2.75) is 24.5 Å². The molecule has 0 aromatic carbocycles. The molecule has 84 valence electrons. The first-order chi connectivity index (χ1) is 6.96. The minimum atomic E-state index is -0.420. The molecule has 0 aliphatic carbocycles. The van der Waals surface area contributed by atoms with E-state index in [2.05, 4.69) is 15.3 Å². The van der Waals surface area contributed by atoms with Gasteiger partial charge in [0.2, 0.25) is 0 Å². The maximum atomic E-state index is 9.11. The Balaban J connectivity index is 2.90. The van der Waals surface area contributed by atoms with E-state index in [4.69, 9.17) is 10.8 Å². The van der Waals surface area contributed by atoms with Crippen molar-refractivity contribution in [3.63, 3.8) is 0 Å². The Hall–Kier alpha value is -1.01. The quantitative estimate of drug-likeness (QED) is 0.526. The summed E-state index contributed by atoms with van der Waals surface area (Å²) in [5.74, 6) is 1.05. The third-order valence-electron chi connectivity index (χ3n) is 1.77. The number of nitrogens with two attached hydrogens (primary N) is 1. The van der Waals surface area contributed by atoms with E-state index in [-0.39, 0.29) is 6.61 Å². The molecule has 0 amide bonds. The van der Waals surface area contributed by atoms with Crippen molar-refractivity contribution in [1.29, 1.82) is 0 Å². The molecule has 5 nitrogen and oxygen atoms in total. The molecule has 0 aliphatic rings. The van der Waals surface area contributed by atoms with Crippen molar-refractivity contribution in [2.24, 2.45) is 0 Å². The fourth-order valence-corrected chi connectivity index (χ4v) is 1.37. The van der Waals surface area contributed by atoms with Crippen molar-refractivity contribution in [3.8, 4) is 0 Å². The van der Waals surface area contributed by atoms with E-state index in [9.17, 15) is 0 Å². The average Bonchev–Trinajstić information content (AvgIpc) is 2.16. The second kappa shape index (κ2) is 4.67. The summed E-state index contributed by atoms with van der Waals surface area (Å²) in [6, 6.07) is 1.65. The number of thioether (sulfide) groups is 1. The molecular weight excluding hydrogens is 212 g/mol. The average molecular weight is 228 g/mol. The predicted octanol–water partition coefficient (Wildman–Crippen LogP) is 0.964. The van der Waals surface area contributed by atoms with E-state index >= 15 is 0 Å². The van der Waals surface area contributed by atoms with Gasteiger partial charge in [-0.1, -0.05) is 11.8 Å². The minimum absolute atomic E-state index is 0.0194. The first-order valence-electron chi connectivity index (χ1n) is 4.54. The molecule has 0 fully saturated rings. The molecule has 1 aromatic rings. The number of hydrogen-bond donors (Lipinski definition) is 3. The monoisotopic (exact) mass is 228 g/mol. The maximum absolute atomic E-state index is 9.11. The van der Waals surface area contributed by atoms with Crippen LogP contribution in [0.3, 0.4) is 0 Å². The van der Waals surface area contributed by atoms with Crippen molar-refractivity contribution in [1.82, 2.24) is 9.97 Å². The van der Waals surface area contributed by atoms with E-state index in [1.54, 1.807) is 6.07 Å². The number of nitrogen functional groups attached to an aromatic ring is 1. The Kier molecular flexibility index (Phi) is 3.76. The smallest absolute Gasteiger partial charge is 0.191 e. The predicted molar refractivity (Wildman–Crippen MR) is 63.0 cm³/mol. The molecule has 6 heteroatoms. The van der Waals surface area contributed by atoms with Crippen molar-refractivity contribution in [3.05, 3.63) is 6.07 Å². The number of aliphatic hydroxyl groups is 1. The van der Waals surface area contributed by atoms with Gasteiger partial charge in [0.05, 0.1) is 12.1 Å². The molecule has 0 saturated carbocycles. The normalized spacial score (nSPS) is 11.5. The van der Waals surface area contributed by atoms with Crippen LogP contribution in [-0.4, -0.2) is 33.5 Å². The van der Waals surface area contributed by atoms with E-state index in [0.29, 0.717) is 16.8 Å². The molecular formula is C9H16N4OS. The summed E-state index contributed by atoms with van der Waals surface area (Å²) >= 11 is 1.43. The van der Waals surface area contributed by atoms with Gasteiger partial charge >= 0.3 is 0 Å². The van der Waals surface area contributed by atoms with Crippen LogP contribution in [0.25, 0.3) is 0 Å². The number of rotatable bonds is 4. The summed E-state index contributed by atoms with van der Waals surface area (Å²) in [5.41, 5.74) is 5.21. The van der Waals surface area contributed by atoms with Gasteiger partial charge in [-0.25, -0.2) is 9.97 Å². The van der Waals surface area contributed by atoms with Crippen LogP contribution in [-0.2, 0) is 0 Å². The van der Waals surface area contributed by atoms with Gasteiger partial charge in [-0.05, 0) is 20.1 Å². The Labute approximate surface area is 93.5 Å². The molecule has 0 saturated heterocycles. The summed E-state index contributed by atoms with van der Waals surface area (Å²) < 4.78 is 0. The zero-order valence-electron chi connectivity index (χ0n) is 9.11. The number of nitrogens with one attached hydrogen (secondary N) is 1. The van der Waals surface area contributed by atoms with Crippen LogP contribution in [0.4, 0.5) is 11.6 Å². The van der Waals surface area contributed by atoms with E-state index in [1.807, 2.05) is 20.1 Å². The molecule has 0 radical (unpaired) electrons. The van der Waals surface area contributed by atoms with Gasteiger partial charge in [-0.2, -0.15) is 0 Å². The van der Waals surface area contributed by atoms with Crippen LogP contribution in [0.15, 0.2) is 11.2 Å². The van der Waals surface area contributed by atoms with Crippen LogP contribution in [0.2, 0.25) is 0 Å². The van der Waals surface area contributed by atoms with Crippen LogP contribution < -0.4 is 11.1 Å². The SMILES string of the molecule is CSc1nc(N)cc(NC(C)(C)CO)n1. The van der Waals surface area contributed by atoms with Crippen molar-refractivity contribution < 1.29 is 5.11 Å². The molecule has 0 bridgehead atoms. The third-order valence-corrected chi connectivity index (χ3v) is 2.32. The van der Waals surface area contributed by atoms with Crippen LogP contribution in [0.5, 0.6) is 0 Å². The lowest BCUT2D eigenvalue weighted by molar-refractivity contribution is 0.234. The fourth-order valence-electron chi connectivity index (χ4n) is 0.985. The largest absolute Gasteiger partial charge is 0.394 e. The fraction of sp³-hybridized carbons (Fsp3) is 0.556. The maximum Gasteiger partial charge on any atom is 0.191 e. The second-order valence-corrected chi connectivity index (χ2v) is 4.61. The first kappa shape index (κ1) is 12.1. The number of nitrogens with zero attached hydrogens (tertiary/aromatic N) is 2. The Morgan fingerprint density at radius 1 is 1.53 bits per heavy atom. The summed E-state index contributed by atoms with van der Waals surface area (Å²) in [6.45, 7) is 3.78. The van der Waals surface area contributed by atoms with E-state index in [1.165, 1.54) is 11.8 Å². The summed E-state index contributed by atoms with van der Waals surface area (Å²) in [6.07, 6.45) is 1.88. The van der Waals surface area contributed by atoms with E-state index in [0.717, 1.165) is 0 Å². The molecule has 15 heavy (non-hydrogen) atoms. The Morgan fingerprint density at radius 3 is 2.73 bits per heavy atom. The summed E-state index contributed by atoms with van der Waals surface area (Å²) in [7, 11) is 0. The molecule has 0 aliphatic heterocycles. The van der Waals surface area contributed by atoms with Crippen LogP contribution in [0, 0.1) is 0 Å². The first-order valence-corrected chi connectivity index (χ1v) is 5.77. The molecule has 1 rings (SSSR count). The lowest BCUT2D eigenvalue weighted by Crippen LogP contribution is -2.35. The van der Waals surface area contributed by atoms with Gasteiger partial charge in [0, 0.05) is 6.07 Å². The highest BCUT2D eigenvalue weighted by Crippen LogP contribution is 2.18. The van der Waals surface area contributed by atoms with Gasteiger partial charge in [0.1, 0.15) is 11.6 Å². The highest BCUT2D eigenvalue weighted by molar-refractivity contribution is 7.98. The molecule has 0 unspecified atom stereocenters. The van der Waals surface area contributed by atoms with Crippen LogP contribution >= 0.6 is 11.8 Å². The highest BCUT2D eigenvalue weighted by Gasteiger charge is 2.16. The Morgan fingerprint density at radius 2 is 2.20 bits per heavy atom. The number of aromatic nitrogens is 2. The van der Waals surface area contributed by atoms with Gasteiger partial charge in [0.25, 0.3) is 0 Å². The lowest BCUT2D eigenvalue weighted by Gasteiger charge is -2.24. The van der Waals surface area contributed by atoms with Crippen molar-refractivity contribution >= 4 is 23.4 Å².